The standard InChI is InChI=1S/C12H20N2O4S/c1-12(2,3)18-11(15)14-10-13-9(8-19-10)7-17-6-5-16-4/h8H,5-7H2,1-4H3,(H,13,14,15). The third-order valence-electron chi connectivity index (χ3n) is 1.84. The monoisotopic (exact) mass is 288 g/mol. The van der Waals surface area contributed by atoms with Gasteiger partial charge in [0, 0.05) is 12.5 Å². The lowest BCUT2D eigenvalue weighted by molar-refractivity contribution is 0.0603. The van der Waals surface area contributed by atoms with Gasteiger partial charge in [-0.1, -0.05) is 0 Å². The van der Waals surface area contributed by atoms with Crippen molar-refractivity contribution in [1.82, 2.24) is 4.98 Å². The molecule has 1 aromatic rings. The van der Waals surface area contributed by atoms with E-state index in [0.717, 1.165) is 5.69 Å². The van der Waals surface area contributed by atoms with E-state index in [1.54, 1.807) is 7.11 Å². The fraction of sp³-hybridized carbons (Fsp3) is 0.667. The van der Waals surface area contributed by atoms with Gasteiger partial charge in [0.05, 0.1) is 25.5 Å². The molecular weight excluding hydrogens is 268 g/mol. The first kappa shape index (κ1) is 15.9. The van der Waals surface area contributed by atoms with Crippen molar-refractivity contribution in [3.63, 3.8) is 0 Å². The highest BCUT2D eigenvalue weighted by Gasteiger charge is 2.17. The van der Waals surface area contributed by atoms with Gasteiger partial charge in [-0.3, -0.25) is 5.32 Å². The van der Waals surface area contributed by atoms with Crippen LogP contribution in [0, 0.1) is 0 Å². The number of anilines is 1. The lowest BCUT2D eigenvalue weighted by Gasteiger charge is -2.18. The minimum Gasteiger partial charge on any atom is -0.444 e. The van der Waals surface area contributed by atoms with E-state index < -0.39 is 11.7 Å². The number of carbonyl (C=O) groups excluding carboxylic acids is 1. The molecule has 1 aromatic heterocycles. The van der Waals surface area contributed by atoms with Gasteiger partial charge in [0.15, 0.2) is 5.13 Å². The molecule has 0 radical (unpaired) electrons. The van der Waals surface area contributed by atoms with Gasteiger partial charge in [-0.2, -0.15) is 0 Å². The van der Waals surface area contributed by atoms with Gasteiger partial charge in [0.1, 0.15) is 5.60 Å². The molecule has 1 heterocycles. The summed E-state index contributed by atoms with van der Waals surface area (Å²) in [7, 11) is 1.62. The predicted molar refractivity (Wildman–Crippen MR) is 73.5 cm³/mol. The second-order valence-electron chi connectivity index (χ2n) is 4.82. The average molecular weight is 288 g/mol. The predicted octanol–water partition coefficient (Wildman–Crippen LogP) is 2.65. The second kappa shape index (κ2) is 7.42. The van der Waals surface area contributed by atoms with E-state index in [-0.39, 0.29) is 0 Å². The average Bonchev–Trinajstić information content (AvgIpc) is 2.69. The molecule has 19 heavy (non-hydrogen) atoms. The van der Waals surface area contributed by atoms with Gasteiger partial charge < -0.3 is 14.2 Å². The van der Waals surface area contributed by atoms with Gasteiger partial charge in [0.2, 0.25) is 0 Å². The molecule has 0 unspecified atom stereocenters. The smallest absolute Gasteiger partial charge is 0.413 e. The molecule has 0 aliphatic rings. The molecule has 108 valence electrons. The highest BCUT2D eigenvalue weighted by atomic mass is 32.1. The van der Waals surface area contributed by atoms with Crippen LogP contribution in [0.4, 0.5) is 9.93 Å². The van der Waals surface area contributed by atoms with E-state index >= 15 is 0 Å². The van der Waals surface area contributed by atoms with Crippen molar-refractivity contribution in [2.75, 3.05) is 25.6 Å². The highest BCUT2D eigenvalue weighted by molar-refractivity contribution is 7.13. The molecule has 0 saturated carbocycles. The lowest BCUT2D eigenvalue weighted by atomic mass is 10.2. The van der Waals surface area contributed by atoms with Crippen molar-refractivity contribution in [2.24, 2.45) is 0 Å². The van der Waals surface area contributed by atoms with Crippen molar-refractivity contribution in [2.45, 2.75) is 33.0 Å². The maximum atomic E-state index is 11.5. The van der Waals surface area contributed by atoms with Gasteiger partial charge in [-0.05, 0) is 20.8 Å². The summed E-state index contributed by atoms with van der Waals surface area (Å²) in [6.45, 7) is 6.89. The Labute approximate surface area is 117 Å². The number of aromatic nitrogens is 1. The van der Waals surface area contributed by atoms with Gasteiger partial charge in [0.25, 0.3) is 0 Å². The first-order valence-electron chi connectivity index (χ1n) is 5.92. The van der Waals surface area contributed by atoms with Crippen LogP contribution in [-0.2, 0) is 20.8 Å². The summed E-state index contributed by atoms with van der Waals surface area (Å²) in [5.41, 5.74) is 0.250. The van der Waals surface area contributed by atoms with Crippen LogP contribution in [0.5, 0.6) is 0 Å². The zero-order chi connectivity index (χ0) is 14.3. The summed E-state index contributed by atoms with van der Waals surface area (Å²) in [6, 6.07) is 0. The maximum Gasteiger partial charge on any atom is 0.413 e. The number of nitrogens with one attached hydrogen (secondary N) is 1. The third-order valence-corrected chi connectivity index (χ3v) is 2.65. The molecular formula is C12H20N2O4S. The molecule has 6 nitrogen and oxygen atoms in total. The van der Waals surface area contributed by atoms with Gasteiger partial charge in [-0.25, -0.2) is 9.78 Å². The fourth-order valence-electron chi connectivity index (χ4n) is 1.14. The number of rotatable bonds is 6. The van der Waals surface area contributed by atoms with Crippen molar-refractivity contribution >= 4 is 22.6 Å². The molecule has 0 fully saturated rings. The topological polar surface area (TPSA) is 69.7 Å². The van der Waals surface area contributed by atoms with Crippen molar-refractivity contribution in [3.05, 3.63) is 11.1 Å². The number of methoxy groups -OCH3 is 1. The highest BCUT2D eigenvalue weighted by Crippen LogP contribution is 2.17. The second-order valence-corrected chi connectivity index (χ2v) is 5.67. The van der Waals surface area contributed by atoms with Crippen molar-refractivity contribution in [3.8, 4) is 0 Å². The van der Waals surface area contributed by atoms with E-state index in [1.807, 2.05) is 26.2 Å². The van der Waals surface area contributed by atoms with Crippen molar-refractivity contribution < 1.29 is 19.0 Å². The van der Waals surface area contributed by atoms with Crippen LogP contribution in [0.2, 0.25) is 0 Å². The zero-order valence-corrected chi connectivity index (χ0v) is 12.5. The molecule has 1 amide bonds. The molecule has 0 bridgehead atoms. The Morgan fingerprint density at radius 3 is 2.79 bits per heavy atom. The summed E-state index contributed by atoms with van der Waals surface area (Å²) in [6.07, 6.45) is -0.506. The van der Waals surface area contributed by atoms with Crippen LogP contribution in [0.15, 0.2) is 5.38 Å². The largest absolute Gasteiger partial charge is 0.444 e. The molecule has 0 aromatic carbocycles. The molecule has 0 saturated heterocycles. The van der Waals surface area contributed by atoms with Crippen LogP contribution in [-0.4, -0.2) is 37.0 Å². The molecule has 1 N–H and O–H groups in total. The summed E-state index contributed by atoms with van der Waals surface area (Å²) < 4.78 is 15.3. The Morgan fingerprint density at radius 1 is 1.42 bits per heavy atom. The fourth-order valence-corrected chi connectivity index (χ4v) is 1.82. The first-order chi connectivity index (χ1) is 8.90. The number of hydrogen-bond donors (Lipinski definition) is 1. The zero-order valence-electron chi connectivity index (χ0n) is 11.7. The Morgan fingerprint density at radius 2 is 2.16 bits per heavy atom. The van der Waals surface area contributed by atoms with Crippen molar-refractivity contribution in [1.29, 1.82) is 0 Å². The van der Waals surface area contributed by atoms with E-state index in [4.69, 9.17) is 14.2 Å². The van der Waals surface area contributed by atoms with E-state index in [0.29, 0.717) is 25.0 Å². The van der Waals surface area contributed by atoms with Crippen LogP contribution in [0.3, 0.4) is 0 Å². The van der Waals surface area contributed by atoms with Crippen LogP contribution in [0.25, 0.3) is 0 Å². The number of ether oxygens (including phenoxy) is 3. The van der Waals surface area contributed by atoms with Crippen LogP contribution >= 0.6 is 11.3 Å². The molecule has 1 rings (SSSR count). The van der Waals surface area contributed by atoms with E-state index in [9.17, 15) is 4.79 Å². The number of nitrogens with zero attached hydrogens (tertiary/aromatic N) is 1. The van der Waals surface area contributed by atoms with Crippen LogP contribution in [0.1, 0.15) is 26.5 Å². The molecule has 0 spiro atoms. The number of carbonyl (C=O) groups is 1. The Bertz CT molecular complexity index is 401. The Balaban J connectivity index is 2.36. The summed E-state index contributed by atoms with van der Waals surface area (Å²) >= 11 is 1.33. The SMILES string of the molecule is COCCOCc1csc(NC(=O)OC(C)(C)C)n1. The van der Waals surface area contributed by atoms with Gasteiger partial charge >= 0.3 is 6.09 Å². The molecule has 0 aliphatic heterocycles. The number of hydrogen-bond acceptors (Lipinski definition) is 6. The summed E-state index contributed by atoms with van der Waals surface area (Å²) in [4.78, 5) is 15.7. The first-order valence-corrected chi connectivity index (χ1v) is 6.80. The Hall–Kier alpha value is -1.18. The van der Waals surface area contributed by atoms with Crippen LogP contribution < -0.4 is 5.32 Å². The maximum absolute atomic E-state index is 11.5. The molecule has 7 heteroatoms. The quantitative estimate of drug-likeness (QED) is 0.815. The summed E-state index contributed by atoms with van der Waals surface area (Å²) in [5.74, 6) is 0. The minimum atomic E-state index is -0.520. The number of amides is 1. The third kappa shape index (κ3) is 7.09. The molecule has 0 aliphatic carbocycles. The lowest BCUT2D eigenvalue weighted by Crippen LogP contribution is -2.27. The number of thiazole rings is 1. The Kier molecular flexibility index (Phi) is 6.20. The normalized spacial score (nSPS) is 11.4. The summed E-state index contributed by atoms with van der Waals surface area (Å²) in [5, 5.41) is 4.92. The minimum absolute atomic E-state index is 0.399. The van der Waals surface area contributed by atoms with Gasteiger partial charge in [-0.15, -0.1) is 11.3 Å². The van der Waals surface area contributed by atoms with E-state index in [1.165, 1.54) is 11.3 Å². The molecule has 0 atom stereocenters. The van der Waals surface area contributed by atoms with E-state index in [2.05, 4.69) is 10.3 Å².